The molecule has 0 bridgehead atoms. The normalized spacial score (nSPS) is 10.8. The lowest BCUT2D eigenvalue weighted by Crippen LogP contribution is -2.04. The molecular weight excluding hydrogens is 300 g/mol. The van der Waals surface area contributed by atoms with Gasteiger partial charge in [-0.05, 0) is 61.4 Å². The smallest absolute Gasteiger partial charge is 0.115 e. The van der Waals surface area contributed by atoms with Gasteiger partial charge in [0.25, 0.3) is 0 Å². The average molecular weight is 320 g/mol. The SMILES string of the molecule is CCc1nc(-c2ccc(O)cc2)c(CC)nc1-c1ccc(O)cc1. The third-order valence-corrected chi connectivity index (χ3v) is 3.99. The number of benzene rings is 2. The van der Waals surface area contributed by atoms with E-state index in [1.807, 2.05) is 24.3 Å². The van der Waals surface area contributed by atoms with Crippen LogP contribution >= 0.6 is 0 Å². The summed E-state index contributed by atoms with van der Waals surface area (Å²) in [6.07, 6.45) is 1.52. The topological polar surface area (TPSA) is 66.2 Å². The van der Waals surface area contributed by atoms with Crippen molar-refractivity contribution < 1.29 is 10.2 Å². The molecule has 0 aliphatic rings. The van der Waals surface area contributed by atoms with Crippen LogP contribution in [0.5, 0.6) is 11.5 Å². The van der Waals surface area contributed by atoms with Gasteiger partial charge < -0.3 is 10.2 Å². The molecule has 122 valence electrons. The van der Waals surface area contributed by atoms with Crippen molar-refractivity contribution in [3.8, 4) is 34.0 Å². The first-order valence-corrected chi connectivity index (χ1v) is 8.11. The fraction of sp³-hybridized carbons (Fsp3) is 0.200. The molecule has 0 fully saturated rings. The first-order chi connectivity index (χ1) is 11.6. The summed E-state index contributed by atoms with van der Waals surface area (Å²) in [7, 11) is 0. The highest BCUT2D eigenvalue weighted by molar-refractivity contribution is 5.68. The molecule has 0 saturated heterocycles. The minimum atomic E-state index is 0.237. The van der Waals surface area contributed by atoms with Crippen molar-refractivity contribution >= 4 is 0 Å². The van der Waals surface area contributed by atoms with E-state index in [0.717, 1.165) is 46.7 Å². The average Bonchev–Trinajstić information content (AvgIpc) is 2.62. The van der Waals surface area contributed by atoms with E-state index in [-0.39, 0.29) is 11.5 Å². The molecule has 2 N–H and O–H groups in total. The zero-order valence-corrected chi connectivity index (χ0v) is 13.8. The number of aromatic hydroxyl groups is 2. The van der Waals surface area contributed by atoms with E-state index in [2.05, 4.69) is 13.8 Å². The second-order valence-electron chi connectivity index (χ2n) is 5.62. The summed E-state index contributed by atoms with van der Waals surface area (Å²) in [5.41, 5.74) is 5.45. The Labute approximate surface area is 141 Å². The number of aryl methyl sites for hydroxylation is 2. The number of nitrogens with zero attached hydrogens (tertiary/aromatic N) is 2. The fourth-order valence-corrected chi connectivity index (χ4v) is 2.70. The lowest BCUT2D eigenvalue weighted by Gasteiger charge is -2.13. The highest BCUT2D eigenvalue weighted by Gasteiger charge is 2.15. The summed E-state index contributed by atoms with van der Waals surface area (Å²) >= 11 is 0. The van der Waals surface area contributed by atoms with E-state index in [0.29, 0.717) is 0 Å². The molecule has 2 aromatic carbocycles. The van der Waals surface area contributed by atoms with Crippen molar-refractivity contribution in [3.63, 3.8) is 0 Å². The van der Waals surface area contributed by atoms with Crippen molar-refractivity contribution in [1.82, 2.24) is 9.97 Å². The third-order valence-electron chi connectivity index (χ3n) is 3.99. The molecule has 0 spiro atoms. The zero-order valence-electron chi connectivity index (χ0n) is 13.8. The standard InChI is InChI=1S/C20H20N2O2/c1-3-17-19(13-5-9-15(23)10-6-13)22-18(4-2)20(21-17)14-7-11-16(24)12-8-14/h5-12,23-24H,3-4H2,1-2H3. The maximum atomic E-state index is 9.49. The summed E-state index contributed by atoms with van der Waals surface area (Å²) in [6, 6.07) is 14.1. The Morgan fingerprint density at radius 2 is 0.958 bits per heavy atom. The second kappa shape index (κ2) is 6.71. The molecule has 0 unspecified atom stereocenters. The van der Waals surface area contributed by atoms with Crippen LogP contribution < -0.4 is 0 Å². The van der Waals surface area contributed by atoms with Gasteiger partial charge in [0.05, 0.1) is 22.8 Å². The molecule has 0 aliphatic carbocycles. The molecule has 1 aromatic heterocycles. The van der Waals surface area contributed by atoms with Crippen LogP contribution in [0.25, 0.3) is 22.5 Å². The monoisotopic (exact) mass is 320 g/mol. The third kappa shape index (κ3) is 3.08. The molecule has 24 heavy (non-hydrogen) atoms. The fourth-order valence-electron chi connectivity index (χ4n) is 2.70. The van der Waals surface area contributed by atoms with Crippen molar-refractivity contribution in [2.45, 2.75) is 26.7 Å². The summed E-state index contributed by atoms with van der Waals surface area (Å²) < 4.78 is 0. The molecule has 0 aliphatic heterocycles. The highest BCUT2D eigenvalue weighted by Crippen LogP contribution is 2.29. The molecule has 3 aromatic rings. The molecule has 4 nitrogen and oxygen atoms in total. The van der Waals surface area contributed by atoms with Gasteiger partial charge >= 0.3 is 0 Å². The van der Waals surface area contributed by atoms with Crippen LogP contribution in [0.15, 0.2) is 48.5 Å². The van der Waals surface area contributed by atoms with E-state index in [1.54, 1.807) is 24.3 Å². The Balaban J connectivity index is 2.16. The Morgan fingerprint density at radius 3 is 1.25 bits per heavy atom. The Morgan fingerprint density at radius 1 is 0.625 bits per heavy atom. The van der Waals surface area contributed by atoms with Crippen LogP contribution in [-0.4, -0.2) is 20.2 Å². The summed E-state index contributed by atoms with van der Waals surface area (Å²) in [6.45, 7) is 4.11. The van der Waals surface area contributed by atoms with Crippen LogP contribution in [-0.2, 0) is 12.8 Å². The van der Waals surface area contributed by atoms with E-state index in [1.165, 1.54) is 0 Å². The summed E-state index contributed by atoms with van der Waals surface area (Å²) in [5, 5.41) is 19.0. The van der Waals surface area contributed by atoms with E-state index >= 15 is 0 Å². The quantitative estimate of drug-likeness (QED) is 0.750. The maximum absolute atomic E-state index is 9.49. The second-order valence-corrected chi connectivity index (χ2v) is 5.62. The van der Waals surface area contributed by atoms with Gasteiger partial charge in [0.15, 0.2) is 0 Å². The lowest BCUT2D eigenvalue weighted by molar-refractivity contribution is 0.475. The summed E-state index contributed by atoms with van der Waals surface area (Å²) in [5.74, 6) is 0.474. The maximum Gasteiger partial charge on any atom is 0.115 e. The Hall–Kier alpha value is -2.88. The van der Waals surface area contributed by atoms with Crippen molar-refractivity contribution in [2.24, 2.45) is 0 Å². The largest absolute Gasteiger partial charge is 0.508 e. The van der Waals surface area contributed by atoms with Gasteiger partial charge in [-0.2, -0.15) is 0 Å². The molecule has 0 radical (unpaired) electrons. The number of hydrogen-bond acceptors (Lipinski definition) is 4. The molecule has 0 amide bonds. The molecule has 0 atom stereocenters. The van der Waals surface area contributed by atoms with Gasteiger partial charge in [0.2, 0.25) is 0 Å². The number of rotatable bonds is 4. The molecule has 1 heterocycles. The van der Waals surface area contributed by atoms with E-state index in [9.17, 15) is 10.2 Å². The summed E-state index contributed by atoms with van der Waals surface area (Å²) in [4.78, 5) is 9.71. The number of hydrogen-bond donors (Lipinski definition) is 2. The Kier molecular flexibility index (Phi) is 4.47. The molecule has 0 saturated carbocycles. The first kappa shape index (κ1) is 16.0. The van der Waals surface area contributed by atoms with Gasteiger partial charge in [-0.1, -0.05) is 13.8 Å². The highest BCUT2D eigenvalue weighted by atomic mass is 16.3. The molecular formula is C20H20N2O2. The number of phenolic OH excluding ortho intramolecular Hbond substituents is 2. The van der Waals surface area contributed by atoms with Crippen LogP contribution in [0.3, 0.4) is 0 Å². The first-order valence-electron chi connectivity index (χ1n) is 8.11. The Bertz CT molecular complexity index is 768. The van der Waals surface area contributed by atoms with Gasteiger partial charge in [-0.3, -0.25) is 0 Å². The minimum absolute atomic E-state index is 0.237. The van der Waals surface area contributed by atoms with Crippen molar-refractivity contribution in [2.75, 3.05) is 0 Å². The van der Waals surface area contributed by atoms with Gasteiger partial charge in [-0.25, -0.2) is 9.97 Å². The van der Waals surface area contributed by atoms with Gasteiger partial charge in [0.1, 0.15) is 11.5 Å². The minimum Gasteiger partial charge on any atom is -0.508 e. The van der Waals surface area contributed by atoms with Crippen LogP contribution in [0.4, 0.5) is 0 Å². The van der Waals surface area contributed by atoms with E-state index < -0.39 is 0 Å². The number of aromatic nitrogens is 2. The van der Waals surface area contributed by atoms with Crippen molar-refractivity contribution in [3.05, 3.63) is 59.9 Å². The predicted molar refractivity (Wildman–Crippen MR) is 95.0 cm³/mol. The van der Waals surface area contributed by atoms with E-state index in [4.69, 9.17) is 9.97 Å². The van der Waals surface area contributed by atoms with Crippen molar-refractivity contribution in [1.29, 1.82) is 0 Å². The zero-order chi connectivity index (χ0) is 17.1. The number of phenols is 2. The predicted octanol–water partition coefficient (Wildman–Crippen LogP) is 4.35. The van der Waals surface area contributed by atoms with Crippen LogP contribution in [0.2, 0.25) is 0 Å². The van der Waals surface area contributed by atoms with Gasteiger partial charge in [0, 0.05) is 11.1 Å². The van der Waals surface area contributed by atoms with Gasteiger partial charge in [-0.15, -0.1) is 0 Å². The lowest BCUT2D eigenvalue weighted by atomic mass is 10.0. The molecule has 4 heteroatoms. The van der Waals surface area contributed by atoms with Crippen LogP contribution in [0, 0.1) is 0 Å². The molecule has 3 rings (SSSR count). The van der Waals surface area contributed by atoms with Crippen LogP contribution in [0.1, 0.15) is 25.2 Å².